The molecule has 1 atom stereocenters. The number of aryl methyl sites for hydroxylation is 2. The van der Waals surface area contributed by atoms with E-state index >= 15 is 0 Å². The van der Waals surface area contributed by atoms with Crippen molar-refractivity contribution >= 4 is 34.2 Å². The Morgan fingerprint density at radius 1 is 1.16 bits per heavy atom. The van der Waals surface area contributed by atoms with Crippen LogP contribution in [-0.2, 0) is 0 Å². The van der Waals surface area contributed by atoms with Crippen LogP contribution in [0.4, 0.5) is 4.39 Å². The van der Waals surface area contributed by atoms with Gasteiger partial charge in [0.05, 0.1) is 5.02 Å². The van der Waals surface area contributed by atoms with Gasteiger partial charge in [0.15, 0.2) is 0 Å². The lowest BCUT2D eigenvalue weighted by atomic mass is 9.93. The van der Waals surface area contributed by atoms with Gasteiger partial charge in [-0.3, -0.25) is 0 Å². The predicted octanol–water partition coefficient (Wildman–Crippen LogP) is 4.78. The van der Waals surface area contributed by atoms with Gasteiger partial charge in [0.25, 0.3) is 0 Å². The van der Waals surface area contributed by atoms with Gasteiger partial charge in [0, 0.05) is 3.57 Å². The van der Waals surface area contributed by atoms with Crippen molar-refractivity contribution in [2.45, 2.75) is 20.0 Å². The average molecular weight is 391 g/mol. The van der Waals surface area contributed by atoms with Crippen molar-refractivity contribution in [1.29, 1.82) is 0 Å². The Morgan fingerprint density at radius 2 is 1.74 bits per heavy atom. The number of hydrogen-bond donors (Lipinski definition) is 1. The Labute approximate surface area is 130 Å². The number of aliphatic hydroxyl groups is 1. The summed E-state index contributed by atoms with van der Waals surface area (Å²) < 4.78 is 14.2. The van der Waals surface area contributed by atoms with E-state index in [0.717, 1.165) is 20.3 Å². The highest BCUT2D eigenvalue weighted by molar-refractivity contribution is 14.1. The molecule has 0 saturated carbocycles. The first-order valence-corrected chi connectivity index (χ1v) is 7.25. The summed E-state index contributed by atoms with van der Waals surface area (Å²) in [4.78, 5) is 0. The van der Waals surface area contributed by atoms with E-state index in [1.807, 2.05) is 12.1 Å². The maximum Gasteiger partial charge on any atom is 0.123 e. The second-order valence-corrected chi connectivity index (χ2v) is 6.10. The quantitative estimate of drug-likeness (QED) is 0.732. The highest BCUT2D eigenvalue weighted by Gasteiger charge is 2.17. The fourth-order valence-corrected chi connectivity index (χ4v) is 2.73. The largest absolute Gasteiger partial charge is 0.384 e. The lowest BCUT2D eigenvalue weighted by Crippen LogP contribution is -2.05. The van der Waals surface area contributed by atoms with Crippen molar-refractivity contribution in [2.24, 2.45) is 0 Å². The van der Waals surface area contributed by atoms with E-state index in [4.69, 9.17) is 11.6 Å². The van der Waals surface area contributed by atoms with Crippen molar-refractivity contribution in [2.75, 3.05) is 0 Å². The van der Waals surface area contributed by atoms with E-state index in [1.54, 1.807) is 19.9 Å². The van der Waals surface area contributed by atoms with Crippen LogP contribution in [-0.4, -0.2) is 5.11 Å². The first-order valence-electron chi connectivity index (χ1n) is 5.80. The zero-order valence-corrected chi connectivity index (χ0v) is 13.5. The molecule has 0 bridgehead atoms. The zero-order valence-electron chi connectivity index (χ0n) is 10.5. The molecular formula is C15H13ClFIO. The van der Waals surface area contributed by atoms with E-state index in [-0.39, 0.29) is 5.82 Å². The molecule has 2 aromatic carbocycles. The normalized spacial score (nSPS) is 12.5. The minimum Gasteiger partial charge on any atom is -0.384 e. The minimum absolute atomic E-state index is 0.286. The predicted molar refractivity (Wildman–Crippen MR) is 84.1 cm³/mol. The fourth-order valence-electron chi connectivity index (χ4n) is 2.20. The third-order valence-corrected chi connectivity index (χ3v) is 4.66. The lowest BCUT2D eigenvalue weighted by Gasteiger charge is -2.17. The molecule has 0 spiro atoms. The van der Waals surface area contributed by atoms with Crippen LogP contribution in [0.25, 0.3) is 0 Å². The molecule has 0 aliphatic rings. The van der Waals surface area contributed by atoms with E-state index in [9.17, 15) is 9.50 Å². The van der Waals surface area contributed by atoms with Crippen LogP contribution in [0.3, 0.4) is 0 Å². The first kappa shape index (κ1) is 14.8. The molecule has 1 unspecified atom stereocenters. The second kappa shape index (κ2) is 5.77. The Hall–Kier alpha value is -0.650. The Bertz CT molecular complexity index is 605. The number of aliphatic hydroxyl groups excluding tert-OH is 1. The number of benzene rings is 2. The van der Waals surface area contributed by atoms with E-state index in [2.05, 4.69) is 22.6 Å². The van der Waals surface area contributed by atoms with E-state index < -0.39 is 6.10 Å². The third-order valence-electron chi connectivity index (χ3n) is 3.09. The van der Waals surface area contributed by atoms with Crippen molar-refractivity contribution < 1.29 is 9.50 Å². The molecule has 4 heteroatoms. The second-order valence-electron chi connectivity index (χ2n) is 4.53. The Balaban J connectivity index is 2.49. The fraction of sp³-hybridized carbons (Fsp3) is 0.200. The van der Waals surface area contributed by atoms with Crippen LogP contribution < -0.4 is 0 Å². The van der Waals surface area contributed by atoms with Crippen LogP contribution in [0.15, 0.2) is 30.3 Å². The summed E-state index contributed by atoms with van der Waals surface area (Å²) in [6, 6.07) is 8.30. The highest BCUT2D eigenvalue weighted by Crippen LogP contribution is 2.31. The first-order chi connectivity index (χ1) is 8.90. The van der Waals surface area contributed by atoms with Gasteiger partial charge in [-0.1, -0.05) is 17.7 Å². The zero-order chi connectivity index (χ0) is 14.2. The summed E-state index contributed by atoms with van der Waals surface area (Å²) in [6.45, 7) is 3.59. The molecule has 0 aliphatic carbocycles. The van der Waals surface area contributed by atoms with Gasteiger partial charge in [0.1, 0.15) is 11.9 Å². The summed E-state index contributed by atoms with van der Waals surface area (Å²) in [5.41, 5.74) is 2.92. The maximum atomic E-state index is 13.3. The summed E-state index contributed by atoms with van der Waals surface area (Å²) in [7, 11) is 0. The Kier molecular flexibility index (Phi) is 4.48. The van der Waals surface area contributed by atoms with Gasteiger partial charge in [-0.2, -0.15) is 0 Å². The molecule has 1 N–H and O–H groups in total. The summed E-state index contributed by atoms with van der Waals surface area (Å²) >= 11 is 8.21. The molecule has 0 amide bonds. The topological polar surface area (TPSA) is 20.2 Å². The number of rotatable bonds is 2. The summed E-state index contributed by atoms with van der Waals surface area (Å²) in [5.74, 6) is -0.286. The van der Waals surface area contributed by atoms with Crippen molar-refractivity contribution in [3.05, 3.63) is 67.0 Å². The molecule has 0 aliphatic heterocycles. The molecule has 19 heavy (non-hydrogen) atoms. The van der Waals surface area contributed by atoms with Crippen LogP contribution >= 0.6 is 34.2 Å². The molecule has 2 rings (SSSR count). The highest BCUT2D eigenvalue weighted by atomic mass is 127. The molecule has 2 aromatic rings. The molecule has 100 valence electrons. The number of halogens is 3. The standard InChI is InChI=1S/C15H13ClFIO/c1-8-5-11(17)6-9(2)14(8)15(19)10-3-4-13(18)12(16)7-10/h3-7,15,19H,1-2H3. The summed E-state index contributed by atoms with van der Waals surface area (Å²) in [5, 5.41) is 11.1. The molecule has 0 heterocycles. The Morgan fingerprint density at radius 3 is 2.26 bits per heavy atom. The molecule has 0 fully saturated rings. The third kappa shape index (κ3) is 3.09. The SMILES string of the molecule is Cc1cc(F)cc(C)c1C(O)c1ccc(I)c(Cl)c1. The van der Waals surface area contributed by atoms with Crippen LogP contribution in [0.1, 0.15) is 28.4 Å². The van der Waals surface area contributed by atoms with E-state index in [1.165, 1.54) is 12.1 Å². The maximum absolute atomic E-state index is 13.3. The van der Waals surface area contributed by atoms with Crippen LogP contribution in [0.5, 0.6) is 0 Å². The van der Waals surface area contributed by atoms with Gasteiger partial charge in [-0.25, -0.2) is 4.39 Å². The van der Waals surface area contributed by atoms with Crippen molar-refractivity contribution in [3.63, 3.8) is 0 Å². The molecule has 0 aromatic heterocycles. The van der Waals surface area contributed by atoms with Crippen molar-refractivity contribution in [1.82, 2.24) is 0 Å². The molecule has 0 radical (unpaired) electrons. The monoisotopic (exact) mass is 390 g/mol. The van der Waals surface area contributed by atoms with Crippen molar-refractivity contribution in [3.8, 4) is 0 Å². The van der Waals surface area contributed by atoms with Crippen LogP contribution in [0.2, 0.25) is 5.02 Å². The van der Waals surface area contributed by atoms with Gasteiger partial charge in [0.2, 0.25) is 0 Å². The van der Waals surface area contributed by atoms with Gasteiger partial charge in [-0.15, -0.1) is 0 Å². The van der Waals surface area contributed by atoms with Gasteiger partial charge >= 0.3 is 0 Å². The van der Waals surface area contributed by atoms with Crippen LogP contribution in [0, 0.1) is 23.2 Å². The number of hydrogen-bond acceptors (Lipinski definition) is 1. The van der Waals surface area contributed by atoms with E-state index in [0.29, 0.717) is 10.6 Å². The molecular weight excluding hydrogens is 378 g/mol. The van der Waals surface area contributed by atoms with Gasteiger partial charge < -0.3 is 5.11 Å². The molecule has 1 nitrogen and oxygen atoms in total. The molecule has 0 saturated heterocycles. The average Bonchev–Trinajstić information content (AvgIpc) is 2.31. The summed E-state index contributed by atoms with van der Waals surface area (Å²) in [6.07, 6.45) is -0.796. The van der Waals surface area contributed by atoms with Gasteiger partial charge in [-0.05, 0) is 83.0 Å². The minimum atomic E-state index is -0.796. The smallest absolute Gasteiger partial charge is 0.123 e. The lowest BCUT2D eigenvalue weighted by molar-refractivity contribution is 0.218.